The molecule has 0 aromatic heterocycles. The summed E-state index contributed by atoms with van der Waals surface area (Å²) in [4.78, 5) is 28.1. The number of aliphatic hydroxyl groups excluding tert-OH is 1. The summed E-state index contributed by atoms with van der Waals surface area (Å²) < 4.78 is 72.8. The van der Waals surface area contributed by atoms with Gasteiger partial charge in [-0.05, 0) is 55.5 Å². The van der Waals surface area contributed by atoms with Gasteiger partial charge in [0.2, 0.25) is 10.0 Å². The molecule has 236 valence electrons. The highest BCUT2D eigenvalue weighted by molar-refractivity contribution is 7.89. The quantitative estimate of drug-likeness (QED) is 0.324. The number of ether oxygens (including phenoxy) is 1. The molecule has 14 heteroatoms. The van der Waals surface area contributed by atoms with Gasteiger partial charge in [0.25, 0.3) is 5.91 Å². The van der Waals surface area contributed by atoms with Crippen molar-refractivity contribution in [3.05, 3.63) is 83.9 Å². The summed E-state index contributed by atoms with van der Waals surface area (Å²) in [6, 6.07) is 14.8. The fourth-order valence-corrected chi connectivity index (χ4v) is 5.91. The molecule has 4 rings (SSSR count). The average molecular weight is 635 g/mol. The summed E-state index contributed by atoms with van der Waals surface area (Å²) in [7, 11) is -2.48. The molecule has 1 aliphatic heterocycles. The second-order valence-corrected chi connectivity index (χ2v) is 12.6. The van der Waals surface area contributed by atoms with Crippen molar-refractivity contribution in [2.45, 2.75) is 37.1 Å². The molecule has 0 unspecified atom stereocenters. The number of para-hydroxylation sites is 1. The van der Waals surface area contributed by atoms with Crippen molar-refractivity contribution in [2.75, 3.05) is 37.4 Å². The van der Waals surface area contributed by atoms with Crippen molar-refractivity contribution in [1.82, 2.24) is 9.21 Å². The summed E-state index contributed by atoms with van der Waals surface area (Å²) in [5.74, 6) is -0.912. The van der Waals surface area contributed by atoms with E-state index >= 15 is 0 Å². The Labute approximate surface area is 253 Å². The second-order valence-electron chi connectivity index (χ2n) is 10.6. The first kappa shape index (κ1) is 32.8. The minimum absolute atomic E-state index is 0.0164. The molecule has 0 saturated carbocycles. The maximum absolute atomic E-state index is 13.7. The molecule has 0 aliphatic carbocycles. The van der Waals surface area contributed by atoms with E-state index in [0.717, 1.165) is 28.6 Å². The lowest BCUT2D eigenvalue weighted by molar-refractivity contribution is -0.137. The van der Waals surface area contributed by atoms with Gasteiger partial charge >= 0.3 is 12.2 Å². The molecule has 1 heterocycles. The van der Waals surface area contributed by atoms with Crippen LogP contribution in [0.15, 0.2) is 77.7 Å². The second kappa shape index (κ2) is 13.2. The predicted molar refractivity (Wildman–Crippen MR) is 158 cm³/mol. The van der Waals surface area contributed by atoms with E-state index in [-0.39, 0.29) is 47.3 Å². The molecule has 0 fully saturated rings. The Morgan fingerprint density at radius 1 is 1.07 bits per heavy atom. The van der Waals surface area contributed by atoms with Gasteiger partial charge in [-0.3, -0.25) is 4.79 Å². The highest BCUT2D eigenvalue weighted by Crippen LogP contribution is 2.35. The average Bonchev–Trinajstić information content (AvgIpc) is 2.99. The molecule has 3 aromatic carbocycles. The summed E-state index contributed by atoms with van der Waals surface area (Å²) >= 11 is 0. The van der Waals surface area contributed by atoms with E-state index in [4.69, 9.17) is 4.74 Å². The summed E-state index contributed by atoms with van der Waals surface area (Å²) in [5, 5.41) is 14.9. The molecule has 0 radical (unpaired) electrons. The number of fused-ring (bicyclic) bond motifs is 1. The van der Waals surface area contributed by atoms with Crippen LogP contribution in [0.1, 0.15) is 29.8 Å². The number of benzene rings is 3. The Balaban J connectivity index is 1.65. The van der Waals surface area contributed by atoms with Gasteiger partial charge in [0.15, 0.2) is 5.75 Å². The fraction of sp³-hybridized carbons (Fsp3) is 0.333. The number of halogens is 3. The van der Waals surface area contributed by atoms with Crippen LogP contribution in [0.4, 0.5) is 29.3 Å². The first-order chi connectivity index (χ1) is 20.7. The number of sulfonamides is 1. The smallest absolute Gasteiger partial charge is 0.416 e. The SMILES string of the molecule is C[C@H]1CN([C@@H](C)CO)C(=O)c2cccc(NC(=O)Nc3ccc(C(F)(F)F)cc3)c2O[C@H]1CN(C)S(=O)(=O)c1ccccc1. The number of likely N-dealkylation sites (N-methyl/N-ethyl adjacent to an activating group) is 1. The third kappa shape index (κ3) is 7.31. The molecule has 1 aliphatic rings. The third-order valence-corrected chi connectivity index (χ3v) is 9.14. The maximum atomic E-state index is 13.7. The van der Waals surface area contributed by atoms with Gasteiger partial charge < -0.3 is 25.4 Å². The van der Waals surface area contributed by atoms with Gasteiger partial charge in [-0.2, -0.15) is 17.5 Å². The van der Waals surface area contributed by atoms with Gasteiger partial charge in [-0.25, -0.2) is 13.2 Å². The maximum Gasteiger partial charge on any atom is 0.416 e. The van der Waals surface area contributed by atoms with Crippen LogP contribution in [0.2, 0.25) is 0 Å². The Morgan fingerprint density at radius 3 is 2.34 bits per heavy atom. The first-order valence-electron chi connectivity index (χ1n) is 13.7. The lowest BCUT2D eigenvalue weighted by Crippen LogP contribution is -2.50. The van der Waals surface area contributed by atoms with Crippen LogP contribution < -0.4 is 15.4 Å². The van der Waals surface area contributed by atoms with Crippen LogP contribution in [0.5, 0.6) is 5.75 Å². The van der Waals surface area contributed by atoms with Crippen LogP contribution in [-0.4, -0.2) is 73.6 Å². The molecular formula is C30H33F3N4O6S. The Hall–Kier alpha value is -4.14. The number of carbonyl (C=O) groups excluding carboxylic acids is 2. The minimum Gasteiger partial charge on any atom is -0.486 e. The third-order valence-electron chi connectivity index (χ3n) is 7.30. The molecular weight excluding hydrogens is 601 g/mol. The lowest BCUT2D eigenvalue weighted by atomic mass is 9.99. The number of nitrogens with one attached hydrogen (secondary N) is 2. The molecule has 0 saturated heterocycles. The van der Waals surface area contributed by atoms with E-state index in [1.54, 1.807) is 32.0 Å². The van der Waals surface area contributed by atoms with Crippen molar-refractivity contribution in [1.29, 1.82) is 0 Å². The highest BCUT2D eigenvalue weighted by Gasteiger charge is 2.36. The molecule has 3 N–H and O–H groups in total. The largest absolute Gasteiger partial charge is 0.486 e. The normalized spacial score (nSPS) is 18.1. The number of amides is 3. The molecule has 0 bridgehead atoms. The zero-order valence-corrected chi connectivity index (χ0v) is 25.0. The standard InChI is InChI=1S/C30H33F3N4O6S/c1-19-16-37(20(2)18-38)28(39)24-10-7-11-25(35-29(40)34-22-14-12-21(13-15-22)30(31,32)33)27(24)43-26(19)17-36(3)44(41,42)23-8-5-4-6-9-23/h4-15,19-20,26,38H,16-18H2,1-3H3,(H2,34,35,40)/t19-,20-,26-/m0/s1. The lowest BCUT2D eigenvalue weighted by Gasteiger charge is -2.38. The van der Waals surface area contributed by atoms with Crippen LogP contribution in [-0.2, 0) is 16.2 Å². The zero-order chi connectivity index (χ0) is 32.2. The van der Waals surface area contributed by atoms with E-state index in [2.05, 4.69) is 10.6 Å². The van der Waals surface area contributed by atoms with Crippen LogP contribution in [0.25, 0.3) is 0 Å². The number of alkyl halides is 3. The van der Waals surface area contributed by atoms with Crippen molar-refractivity contribution < 1.29 is 41.0 Å². The fourth-order valence-electron chi connectivity index (χ4n) is 4.71. The van der Waals surface area contributed by atoms with Gasteiger partial charge in [0.05, 0.1) is 40.9 Å². The van der Waals surface area contributed by atoms with E-state index in [9.17, 15) is 36.3 Å². The van der Waals surface area contributed by atoms with Crippen LogP contribution in [0.3, 0.4) is 0 Å². The number of anilines is 2. The predicted octanol–water partition coefficient (Wildman–Crippen LogP) is 4.89. The molecule has 44 heavy (non-hydrogen) atoms. The number of aliphatic hydroxyl groups is 1. The van der Waals surface area contributed by atoms with Gasteiger partial charge in [-0.15, -0.1) is 0 Å². The minimum atomic E-state index is -4.53. The first-order valence-corrected chi connectivity index (χ1v) is 15.1. The Morgan fingerprint density at radius 2 is 1.73 bits per heavy atom. The molecule has 0 spiro atoms. The van der Waals surface area contributed by atoms with Crippen LogP contribution >= 0.6 is 0 Å². The number of urea groups is 1. The number of rotatable bonds is 8. The van der Waals surface area contributed by atoms with E-state index in [1.165, 1.54) is 42.3 Å². The van der Waals surface area contributed by atoms with E-state index in [0.29, 0.717) is 0 Å². The molecule has 3 aromatic rings. The van der Waals surface area contributed by atoms with Crippen LogP contribution in [0, 0.1) is 5.92 Å². The summed E-state index contributed by atoms with van der Waals surface area (Å²) in [6.45, 7) is 3.17. The van der Waals surface area contributed by atoms with Crippen molar-refractivity contribution >= 4 is 33.3 Å². The monoisotopic (exact) mass is 634 g/mol. The number of nitrogens with zero attached hydrogens (tertiary/aromatic N) is 2. The number of hydrogen-bond acceptors (Lipinski definition) is 6. The van der Waals surface area contributed by atoms with Gasteiger partial charge in [0, 0.05) is 25.2 Å². The topological polar surface area (TPSA) is 128 Å². The number of carbonyl (C=O) groups is 2. The van der Waals surface area contributed by atoms with Gasteiger partial charge in [0.1, 0.15) is 6.10 Å². The van der Waals surface area contributed by atoms with Gasteiger partial charge in [-0.1, -0.05) is 31.2 Å². The Kier molecular flexibility index (Phi) is 9.86. The number of hydrogen-bond donors (Lipinski definition) is 3. The molecule has 3 atom stereocenters. The summed E-state index contributed by atoms with van der Waals surface area (Å²) in [5.41, 5.74) is -0.637. The summed E-state index contributed by atoms with van der Waals surface area (Å²) in [6.07, 6.45) is -5.34. The zero-order valence-electron chi connectivity index (χ0n) is 24.2. The van der Waals surface area contributed by atoms with E-state index < -0.39 is 51.8 Å². The Bertz CT molecular complexity index is 1590. The molecule has 10 nitrogen and oxygen atoms in total. The van der Waals surface area contributed by atoms with Crippen molar-refractivity contribution in [3.8, 4) is 5.75 Å². The van der Waals surface area contributed by atoms with Crippen molar-refractivity contribution in [2.24, 2.45) is 5.92 Å². The van der Waals surface area contributed by atoms with Crippen molar-refractivity contribution in [3.63, 3.8) is 0 Å². The molecule has 3 amide bonds. The van der Waals surface area contributed by atoms with E-state index in [1.807, 2.05) is 0 Å². The highest BCUT2D eigenvalue weighted by atomic mass is 32.2.